The number of halogens is 3. The lowest BCUT2D eigenvalue weighted by molar-refractivity contribution is -0.137. The summed E-state index contributed by atoms with van der Waals surface area (Å²) in [7, 11) is 0. The van der Waals surface area contributed by atoms with Crippen molar-refractivity contribution in [2.75, 3.05) is 6.61 Å². The monoisotopic (exact) mass is 401 g/mol. The van der Waals surface area contributed by atoms with E-state index in [0.717, 1.165) is 40.0 Å². The standard InChI is InChI=1S/C20H14F3N3O3/c21-20(22,23)13-5-7-14(8-6-13)25-18(27)24-10-9-12-11-29-16-4-2-1-3-15(16)17(12)26(24)19(25)28/h1-9,17H,10-11H2. The zero-order chi connectivity index (χ0) is 20.3. The van der Waals surface area contributed by atoms with Crippen LogP contribution in [0.5, 0.6) is 5.75 Å². The molecule has 0 N–H and O–H groups in total. The first-order valence-electron chi connectivity index (χ1n) is 8.89. The molecule has 2 aliphatic heterocycles. The van der Waals surface area contributed by atoms with Gasteiger partial charge in [-0.25, -0.2) is 23.5 Å². The van der Waals surface area contributed by atoms with Crippen molar-refractivity contribution in [1.82, 2.24) is 13.9 Å². The van der Waals surface area contributed by atoms with Gasteiger partial charge in [0, 0.05) is 5.56 Å². The van der Waals surface area contributed by atoms with Crippen molar-refractivity contribution in [3.8, 4) is 11.4 Å². The van der Waals surface area contributed by atoms with Crippen LogP contribution in [0.4, 0.5) is 13.2 Å². The van der Waals surface area contributed by atoms with Crippen LogP contribution in [0.1, 0.15) is 17.2 Å². The van der Waals surface area contributed by atoms with Gasteiger partial charge in [-0.3, -0.25) is 0 Å². The number of rotatable bonds is 1. The molecule has 9 heteroatoms. The molecule has 0 radical (unpaired) electrons. The highest BCUT2D eigenvalue weighted by atomic mass is 19.4. The molecule has 148 valence electrons. The Labute approximate surface area is 161 Å². The van der Waals surface area contributed by atoms with Crippen molar-refractivity contribution in [2.45, 2.75) is 18.8 Å². The van der Waals surface area contributed by atoms with Gasteiger partial charge in [-0.05, 0) is 35.9 Å². The van der Waals surface area contributed by atoms with Crippen LogP contribution >= 0.6 is 0 Å². The molecule has 0 saturated carbocycles. The van der Waals surface area contributed by atoms with Crippen molar-refractivity contribution in [2.24, 2.45) is 0 Å². The zero-order valence-corrected chi connectivity index (χ0v) is 14.9. The molecule has 3 aromatic rings. The van der Waals surface area contributed by atoms with Crippen LogP contribution in [0, 0.1) is 0 Å². The van der Waals surface area contributed by atoms with Gasteiger partial charge in [0.1, 0.15) is 18.4 Å². The highest BCUT2D eigenvalue weighted by molar-refractivity contribution is 5.45. The van der Waals surface area contributed by atoms with Gasteiger partial charge in [0.05, 0.1) is 17.8 Å². The summed E-state index contributed by atoms with van der Waals surface area (Å²) in [5.41, 5.74) is -0.360. The molecule has 0 amide bonds. The fourth-order valence-corrected chi connectivity index (χ4v) is 3.87. The molecule has 29 heavy (non-hydrogen) atoms. The lowest BCUT2D eigenvalue weighted by atomic mass is 9.95. The molecular weight excluding hydrogens is 387 g/mol. The van der Waals surface area contributed by atoms with E-state index in [1.807, 2.05) is 24.3 Å². The molecule has 1 atom stereocenters. The van der Waals surface area contributed by atoms with Crippen molar-refractivity contribution in [3.63, 3.8) is 0 Å². The van der Waals surface area contributed by atoms with Crippen molar-refractivity contribution in [3.05, 3.63) is 92.3 Å². The van der Waals surface area contributed by atoms with Gasteiger partial charge >= 0.3 is 17.6 Å². The van der Waals surface area contributed by atoms with Crippen LogP contribution in [-0.4, -0.2) is 20.5 Å². The number of fused-ring (bicyclic) bond motifs is 5. The third-order valence-electron chi connectivity index (χ3n) is 5.24. The minimum atomic E-state index is -4.50. The van der Waals surface area contributed by atoms with E-state index in [-0.39, 0.29) is 12.2 Å². The number of alkyl halides is 3. The lowest BCUT2D eigenvalue weighted by Gasteiger charge is -2.32. The molecule has 2 aliphatic rings. The summed E-state index contributed by atoms with van der Waals surface area (Å²) in [5, 5.41) is 0. The Morgan fingerprint density at radius 2 is 1.69 bits per heavy atom. The highest BCUT2D eigenvalue weighted by Gasteiger charge is 2.35. The summed E-state index contributed by atoms with van der Waals surface area (Å²) < 4.78 is 47.8. The lowest BCUT2D eigenvalue weighted by Crippen LogP contribution is -2.38. The maximum absolute atomic E-state index is 13.2. The van der Waals surface area contributed by atoms with Crippen LogP contribution in [0.2, 0.25) is 0 Å². The topological polar surface area (TPSA) is 58.2 Å². The van der Waals surface area contributed by atoms with Crippen molar-refractivity contribution in [1.29, 1.82) is 0 Å². The molecule has 0 bridgehead atoms. The number of hydrogen-bond donors (Lipinski definition) is 0. The maximum atomic E-state index is 13.2. The second-order valence-corrected chi connectivity index (χ2v) is 6.88. The number of aromatic nitrogens is 3. The van der Waals surface area contributed by atoms with Gasteiger partial charge in [-0.15, -0.1) is 0 Å². The van der Waals surface area contributed by atoms with Crippen LogP contribution in [-0.2, 0) is 12.7 Å². The molecule has 6 nitrogen and oxygen atoms in total. The van der Waals surface area contributed by atoms with E-state index in [2.05, 4.69) is 0 Å². The molecule has 2 aromatic carbocycles. The van der Waals surface area contributed by atoms with Gasteiger partial charge < -0.3 is 4.74 Å². The number of benzene rings is 2. The Hall–Kier alpha value is -3.49. The Morgan fingerprint density at radius 3 is 2.41 bits per heavy atom. The molecule has 0 saturated heterocycles. The highest BCUT2D eigenvalue weighted by Crippen LogP contribution is 2.38. The van der Waals surface area contributed by atoms with Gasteiger partial charge in [0.25, 0.3) is 0 Å². The first-order valence-corrected chi connectivity index (χ1v) is 8.89. The Kier molecular flexibility index (Phi) is 3.64. The average Bonchev–Trinajstić information content (AvgIpc) is 2.97. The predicted molar refractivity (Wildman–Crippen MR) is 97.5 cm³/mol. The van der Waals surface area contributed by atoms with Crippen molar-refractivity contribution >= 4 is 0 Å². The normalized spacial score (nSPS) is 17.6. The van der Waals surface area contributed by atoms with Crippen LogP contribution in [0.15, 0.2) is 69.8 Å². The summed E-state index contributed by atoms with van der Waals surface area (Å²) in [6.07, 6.45) is -2.65. The summed E-state index contributed by atoms with van der Waals surface area (Å²) >= 11 is 0. The molecule has 5 rings (SSSR count). The van der Waals surface area contributed by atoms with Gasteiger partial charge in [0.15, 0.2) is 0 Å². The summed E-state index contributed by atoms with van der Waals surface area (Å²) in [6.45, 7) is 0.479. The number of nitrogens with zero attached hydrogens (tertiary/aromatic N) is 3. The molecule has 1 unspecified atom stereocenters. The van der Waals surface area contributed by atoms with Gasteiger partial charge in [-0.2, -0.15) is 13.2 Å². The summed E-state index contributed by atoms with van der Waals surface area (Å²) in [5.74, 6) is 0.629. The maximum Gasteiger partial charge on any atom is 0.416 e. The SMILES string of the molecule is O=c1n(-c2ccc(C(F)(F)F)cc2)c(=O)n2n1CC=C1COc3ccccc3C12. The Balaban J connectivity index is 1.68. The van der Waals surface area contributed by atoms with E-state index in [1.54, 1.807) is 6.07 Å². The predicted octanol–water partition coefficient (Wildman–Crippen LogP) is 2.74. The molecular formula is C20H14F3N3O3. The Morgan fingerprint density at radius 1 is 0.966 bits per heavy atom. The van der Waals surface area contributed by atoms with E-state index in [9.17, 15) is 22.8 Å². The molecule has 0 aliphatic carbocycles. The van der Waals surface area contributed by atoms with Gasteiger partial charge in [-0.1, -0.05) is 24.3 Å². The van der Waals surface area contributed by atoms with E-state index in [4.69, 9.17) is 4.74 Å². The molecule has 0 fully saturated rings. The number of para-hydroxylation sites is 1. The first kappa shape index (κ1) is 17.6. The second-order valence-electron chi connectivity index (χ2n) is 6.88. The fraction of sp³-hybridized carbons (Fsp3) is 0.200. The molecule has 3 heterocycles. The zero-order valence-electron chi connectivity index (χ0n) is 14.9. The van der Waals surface area contributed by atoms with Crippen LogP contribution in [0.3, 0.4) is 0 Å². The van der Waals surface area contributed by atoms with Gasteiger partial charge in [0.2, 0.25) is 0 Å². The quantitative estimate of drug-likeness (QED) is 0.590. The third kappa shape index (κ3) is 2.57. The smallest absolute Gasteiger partial charge is 0.416 e. The fourth-order valence-electron chi connectivity index (χ4n) is 3.87. The van der Waals surface area contributed by atoms with E-state index in [0.29, 0.717) is 12.4 Å². The number of ether oxygens (including phenoxy) is 1. The van der Waals surface area contributed by atoms with Crippen LogP contribution < -0.4 is 16.1 Å². The first-order chi connectivity index (χ1) is 13.9. The molecule has 1 aromatic heterocycles. The van der Waals surface area contributed by atoms with E-state index >= 15 is 0 Å². The minimum absolute atomic E-state index is 0.0873. The number of allylic oxidation sites excluding steroid dienone is 1. The minimum Gasteiger partial charge on any atom is -0.489 e. The second kappa shape index (κ2) is 6.00. The third-order valence-corrected chi connectivity index (χ3v) is 5.24. The van der Waals surface area contributed by atoms with Crippen LogP contribution in [0.25, 0.3) is 5.69 Å². The van der Waals surface area contributed by atoms with Crippen molar-refractivity contribution < 1.29 is 17.9 Å². The largest absolute Gasteiger partial charge is 0.489 e. The number of hydrogen-bond acceptors (Lipinski definition) is 3. The molecule has 0 spiro atoms. The summed E-state index contributed by atoms with van der Waals surface area (Å²) in [6, 6.07) is 10.7. The average molecular weight is 401 g/mol. The van der Waals surface area contributed by atoms with E-state index < -0.39 is 29.2 Å². The Bertz CT molecular complexity index is 1260. The van der Waals surface area contributed by atoms with E-state index in [1.165, 1.54) is 9.36 Å². The summed E-state index contributed by atoms with van der Waals surface area (Å²) in [4.78, 5) is 26.1.